The second kappa shape index (κ2) is 9.76. The molecule has 2 saturated heterocycles. The average Bonchev–Trinajstić information content (AvgIpc) is 2.77. The van der Waals surface area contributed by atoms with E-state index < -0.39 is 10.2 Å². The second-order valence-corrected chi connectivity index (χ2v) is 10.3. The maximum atomic E-state index is 12.5. The molecule has 0 atom stereocenters. The number of nitrogens with zero attached hydrogens (tertiary/aromatic N) is 5. The summed E-state index contributed by atoms with van der Waals surface area (Å²) >= 11 is 0. The minimum atomic E-state index is -3.39. The lowest BCUT2D eigenvalue weighted by Crippen LogP contribution is -2.45. The molecule has 10 heteroatoms. The van der Waals surface area contributed by atoms with Gasteiger partial charge in [0.2, 0.25) is 5.95 Å². The van der Waals surface area contributed by atoms with Crippen molar-refractivity contribution in [1.82, 2.24) is 23.9 Å². The molecule has 168 valence electrons. The smallest absolute Gasteiger partial charge is 0.279 e. The number of hydrogen-bond donors (Lipinski definition) is 2. The summed E-state index contributed by atoms with van der Waals surface area (Å²) in [7, 11) is -1.25. The van der Waals surface area contributed by atoms with E-state index in [2.05, 4.69) is 26.9 Å². The molecule has 2 aliphatic heterocycles. The molecule has 30 heavy (non-hydrogen) atoms. The first-order chi connectivity index (χ1) is 14.5. The van der Waals surface area contributed by atoms with Gasteiger partial charge in [-0.25, -0.2) is 9.71 Å². The van der Waals surface area contributed by atoms with E-state index >= 15 is 0 Å². The monoisotopic (exact) mass is 437 g/mol. The number of fused-ring (bicyclic) bond motifs is 1. The maximum Gasteiger partial charge on any atom is 0.279 e. The molecule has 0 spiro atoms. The number of rotatable bonds is 7. The van der Waals surface area contributed by atoms with Crippen LogP contribution < -0.4 is 14.9 Å². The summed E-state index contributed by atoms with van der Waals surface area (Å²) in [6, 6.07) is 0. The standard InChI is InChI=1S/C20H35N7O2S/c1-25-13-15-26(16-14-25)20-23-18-8-4-3-7-17(18)19(24-20)21-9-10-22-30(28,29)27-11-5-2-6-12-27/h22H,2-16H2,1H3,(H,21,23,24). The van der Waals surface area contributed by atoms with Crippen LogP contribution in [0.5, 0.6) is 0 Å². The van der Waals surface area contributed by atoms with Crippen LogP contribution >= 0.6 is 0 Å². The number of aryl methyl sites for hydroxylation is 1. The fraction of sp³-hybridized carbons (Fsp3) is 0.800. The van der Waals surface area contributed by atoms with Crippen LogP contribution in [0.15, 0.2) is 0 Å². The number of aromatic nitrogens is 2. The summed E-state index contributed by atoms with van der Waals surface area (Å²) in [5.74, 6) is 1.69. The Morgan fingerprint density at radius 2 is 1.60 bits per heavy atom. The molecular formula is C20H35N7O2S. The van der Waals surface area contributed by atoms with E-state index in [0.717, 1.165) is 82.2 Å². The normalized spacial score (nSPS) is 21.4. The van der Waals surface area contributed by atoms with E-state index in [-0.39, 0.29) is 0 Å². The predicted molar refractivity (Wildman–Crippen MR) is 119 cm³/mol. The Balaban J connectivity index is 1.39. The van der Waals surface area contributed by atoms with E-state index in [4.69, 9.17) is 9.97 Å². The van der Waals surface area contributed by atoms with Crippen LogP contribution in [0.25, 0.3) is 0 Å². The Morgan fingerprint density at radius 1 is 0.867 bits per heavy atom. The van der Waals surface area contributed by atoms with Gasteiger partial charge in [-0.15, -0.1) is 0 Å². The van der Waals surface area contributed by atoms with Crippen molar-refractivity contribution in [3.05, 3.63) is 11.3 Å². The first kappa shape index (κ1) is 21.7. The molecule has 9 nitrogen and oxygen atoms in total. The molecule has 1 aromatic rings. The SMILES string of the molecule is CN1CCN(c2nc3c(c(NCCNS(=O)(=O)N4CCCCC4)n2)CCCC3)CC1. The maximum absolute atomic E-state index is 12.5. The average molecular weight is 438 g/mol. The van der Waals surface area contributed by atoms with Gasteiger partial charge in [0.15, 0.2) is 0 Å². The summed E-state index contributed by atoms with van der Waals surface area (Å²) in [5.41, 5.74) is 2.36. The number of hydrogen-bond acceptors (Lipinski definition) is 7. The quantitative estimate of drug-likeness (QED) is 0.611. The van der Waals surface area contributed by atoms with Gasteiger partial charge < -0.3 is 15.1 Å². The minimum absolute atomic E-state index is 0.349. The highest BCUT2D eigenvalue weighted by atomic mass is 32.2. The molecule has 1 aliphatic carbocycles. The van der Waals surface area contributed by atoms with Gasteiger partial charge >= 0.3 is 0 Å². The topological polar surface area (TPSA) is 93.7 Å². The van der Waals surface area contributed by atoms with Crippen LogP contribution in [0.4, 0.5) is 11.8 Å². The van der Waals surface area contributed by atoms with E-state index in [9.17, 15) is 8.42 Å². The number of piperidine rings is 1. The van der Waals surface area contributed by atoms with Crippen LogP contribution in [0, 0.1) is 0 Å². The van der Waals surface area contributed by atoms with Crippen LogP contribution in [-0.2, 0) is 23.1 Å². The van der Waals surface area contributed by atoms with Gasteiger partial charge in [0, 0.05) is 57.9 Å². The van der Waals surface area contributed by atoms with Crippen molar-refractivity contribution in [2.45, 2.75) is 44.9 Å². The highest BCUT2D eigenvalue weighted by Crippen LogP contribution is 2.28. The molecule has 1 aromatic heterocycles. The Kier molecular flexibility index (Phi) is 7.07. The van der Waals surface area contributed by atoms with E-state index in [1.54, 1.807) is 4.31 Å². The molecular weight excluding hydrogens is 402 g/mol. The van der Waals surface area contributed by atoms with Crippen molar-refractivity contribution >= 4 is 22.0 Å². The lowest BCUT2D eigenvalue weighted by molar-refractivity contribution is 0.311. The van der Waals surface area contributed by atoms with Gasteiger partial charge in [-0.1, -0.05) is 6.42 Å². The Morgan fingerprint density at radius 3 is 2.37 bits per heavy atom. The fourth-order valence-corrected chi connectivity index (χ4v) is 5.71. The molecule has 0 unspecified atom stereocenters. The number of piperazine rings is 1. The summed E-state index contributed by atoms with van der Waals surface area (Å²) in [5, 5.41) is 3.40. The summed E-state index contributed by atoms with van der Waals surface area (Å²) in [6.45, 7) is 6.00. The molecule has 3 heterocycles. The molecule has 4 rings (SSSR count). The van der Waals surface area contributed by atoms with Gasteiger partial charge in [0.05, 0.1) is 5.69 Å². The molecule has 2 fully saturated rings. The van der Waals surface area contributed by atoms with Crippen molar-refractivity contribution < 1.29 is 8.42 Å². The Labute approximate surface area is 180 Å². The van der Waals surface area contributed by atoms with Gasteiger partial charge in [-0.2, -0.15) is 17.7 Å². The number of nitrogens with one attached hydrogen (secondary N) is 2. The molecule has 2 N–H and O–H groups in total. The number of anilines is 2. The minimum Gasteiger partial charge on any atom is -0.368 e. The van der Waals surface area contributed by atoms with Crippen LogP contribution in [-0.4, -0.2) is 87.0 Å². The summed E-state index contributed by atoms with van der Waals surface area (Å²) in [6.07, 6.45) is 7.31. The first-order valence-corrected chi connectivity index (χ1v) is 12.8. The lowest BCUT2D eigenvalue weighted by atomic mass is 9.96. The Bertz CT molecular complexity index is 819. The summed E-state index contributed by atoms with van der Waals surface area (Å²) < 4.78 is 29.2. The van der Waals surface area contributed by atoms with E-state index in [0.29, 0.717) is 26.2 Å². The molecule has 0 aromatic carbocycles. The van der Waals surface area contributed by atoms with Crippen molar-refractivity contribution in [2.75, 3.05) is 69.6 Å². The predicted octanol–water partition coefficient (Wildman–Crippen LogP) is 0.839. The third kappa shape index (κ3) is 5.22. The van der Waals surface area contributed by atoms with Crippen molar-refractivity contribution in [3.63, 3.8) is 0 Å². The van der Waals surface area contributed by atoms with Crippen molar-refractivity contribution in [1.29, 1.82) is 0 Å². The van der Waals surface area contributed by atoms with Crippen molar-refractivity contribution in [2.24, 2.45) is 0 Å². The summed E-state index contributed by atoms with van der Waals surface area (Å²) in [4.78, 5) is 14.3. The van der Waals surface area contributed by atoms with Crippen LogP contribution in [0.2, 0.25) is 0 Å². The van der Waals surface area contributed by atoms with Crippen LogP contribution in [0.1, 0.15) is 43.4 Å². The zero-order valence-corrected chi connectivity index (χ0v) is 18.9. The third-order valence-corrected chi connectivity index (χ3v) is 7.93. The lowest BCUT2D eigenvalue weighted by Gasteiger charge is -2.33. The molecule has 0 amide bonds. The molecule has 0 bridgehead atoms. The van der Waals surface area contributed by atoms with Gasteiger partial charge in [-0.05, 0) is 45.6 Å². The van der Waals surface area contributed by atoms with Gasteiger partial charge in [0.1, 0.15) is 5.82 Å². The van der Waals surface area contributed by atoms with Gasteiger partial charge in [0.25, 0.3) is 10.2 Å². The van der Waals surface area contributed by atoms with E-state index in [1.807, 2.05) is 0 Å². The van der Waals surface area contributed by atoms with Crippen molar-refractivity contribution in [3.8, 4) is 0 Å². The zero-order chi connectivity index (χ0) is 21.0. The van der Waals surface area contributed by atoms with E-state index in [1.165, 1.54) is 12.0 Å². The second-order valence-electron chi connectivity index (χ2n) is 8.58. The van der Waals surface area contributed by atoms with Crippen LogP contribution in [0.3, 0.4) is 0 Å². The fourth-order valence-electron chi connectivity index (χ4n) is 4.43. The molecule has 0 radical (unpaired) electrons. The third-order valence-electron chi connectivity index (χ3n) is 6.31. The van der Waals surface area contributed by atoms with Gasteiger partial charge in [-0.3, -0.25) is 0 Å². The highest BCUT2D eigenvalue weighted by Gasteiger charge is 2.24. The first-order valence-electron chi connectivity index (χ1n) is 11.3. The molecule has 0 saturated carbocycles. The molecule has 3 aliphatic rings. The Hall–Kier alpha value is -1.49. The zero-order valence-electron chi connectivity index (χ0n) is 18.1. The largest absolute Gasteiger partial charge is 0.368 e. The number of likely N-dealkylation sites (N-methyl/N-ethyl adjacent to an activating group) is 1. The highest BCUT2D eigenvalue weighted by molar-refractivity contribution is 7.87.